The Labute approximate surface area is 288 Å². The van der Waals surface area contributed by atoms with E-state index in [1.165, 1.54) is 18.6 Å². The molecule has 1 saturated heterocycles. The molecule has 13 heteroatoms. The number of nitrogens with one attached hydrogen (secondary N) is 4. The van der Waals surface area contributed by atoms with Crippen LogP contribution >= 0.6 is 0 Å². The average molecular weight is 680 g/mol. The maximum absolute atomic E-state index is 14.6. The summed E-state index contributed by atoms with van der Waals surface area (Å²) in [5, 5.41) is 11.5. The van der Waals surface area contributed by atoms with Crippen molar-refractivity contribution >= 4 is 35.3 Å². The first-order chi connectivity index (χ1) is 23.4. The maximum Gasteiger partial charge on any atom is 0.289 e. The highest BCUT2D eigenvalue weighted by Crippen LogP contribution is 2.43. The molecule has 1 aliphatic heterocycles. The molecule has 0 radical (unpaired) electrons. The quantitative estimate of drug-likeness (QED) is 0.230. The summed E-state index contributed by atoms with van der Waals surface area (Å²) in [7, 11) is 0. The molecule has 4 aliphatic rings. The van der Waals surface area contributed by atoms with Crippen molar-refractivity contribution in [2.75, 3.05) is 6.54 Å². The van der Waals surface area contributed by atoms with Crippen LogP contribution in [0.25, 0.3) is 0 Å². The lowest BCUT2D eigenvalue weighted by Gasteiger charge is -2.38. The number of fused-ring (bicyclic) bond motifs is 1. The predicted molar refractivity (Wildman–Crippen MR) is 181 cm³/mol. The van der Waals surface area contributed by atoms with E-state index in [0.29, 0.717) is 19.4 Å². The highest BCUT2D eigenvalue weighted by molar-refractivity contribution is 6.38. The van der Waals surface area contributed by atoms with E-state index < -0.39 is 59.0 Å². The number of carbonyl (C=O) groups is 6. The van der Waals surface area contributed by atoms with Gasteiger partial charge in [-0.1, -0.05) is 59.8 Å². The number of ketones is 1. The van der Waals surface area contributed by atoms with E-state index >= 15 is 0 Å². The van der Waals surface area contributed by atoms with Gasteiger partial charge < -0.3 is 26.2 Å². The zero-order chi connectivity index (χ0) is 35.3. The lowest BCUT2D eigenvalue weighted by atomic mass is 9.82. The van der Waals surface area contributed by atoms with Crippen LogP contribution in [0.15, 0.2) is 18.6 Å². The zero-order valence-corrected chi connectivity index (χ0v) is 29.3. The van der Waals surface area contributed by atoms with E-state index in [0.717, 1.165) is 64.2 Å². The Kier molecular flexibility index (Phi) is 11.7. The number of carbonyl (C=O) groups excluding carboxylic acids is 6. The third-order valence-corrected chi connectivity index (χ3v) is 10.7. The average Bonchev–Trinajstić information content (AvgIpc) is 3.65. The normalized spacial score (nSPS) is 24.2. The first-order valence-electron chi connectivity index (χ1n) is 18.2. The van der Waals surface area contributed by atoms with Crippen molar-refractivity contribution in [3.8, 4) is 0 Å². The summed E-state index contributed by atoms with van der Waals surface area (Å²) in [5.74, 6) is -3.20. The summed E-state index contributed by atoms with van der Waals surface area (Å²) < 4.78 is 0. The van der Waals surface area contributed by atoms with Crippen LogP contribution in [-0.4, -0.2) is 86.9 Å². The van der Waals surface area contributed by atoms with Crippen molar-refractivity contribution in [3.63, 3.8) is 0 Å². The second-order valence-electron chi connectivity index (χ2n) is 15.5. The van der Waals surface area contributed by atoms with Crippen LogP contribution in [0, 0.1) is 23.2 Å². The van der Waals surface area contributed by atoms with Crippen molar-refractivity contribution < 1.29 is 28.8 Å². The van der Waals surface area contributed by atoms with E-state index in [-0.39, 0.29) is 35.4 Å². The number of rotatable bonds is 13. The molecule has 5 amide bonds. The van der Waals surface area contributed by atoms with Crippen molar-refractivity contribution in [3.05, 3.63) is 24.3 Å². The largest absolute Gasteiger partial charge is 0.347 e. The SMILES string of the molecule is CCCC(NC(=O)[C@@H]1C2CCCC2CN1C(=O)[C@@H](NC(=O)[C@@H](NC(=O)c1cnccn1)C1CCCCC1)C(C)(C)C)C(=O)C(=O)NC1CC1. The van der Waals surface area contributed by atoms with Crippen LogP contribution in [0.2, 0.25) is 0 Å². The van der Waals surface area contributed by atoms with Crippen LogP contribution in [0.4, 0.5) is 0 Å². The monoisotopic (exact) mass is 679 g/mol. The Balaban J connectivity index is 1.36. The molecule has 5 rings (SSSR count). The minimum atomic E-state index is -0.994. The number of hydrogen-bond acceptors (Lipinski definition) is 8. The maximum atomic E-state index is 14.6. The fraction of sp³-hybridized carbons (Fsp3) is 0.722. The molecule has 4 fully saturated rings. The molecule has 1 aromatic rings. The summed E-state index contributed by atoms with van der Waals surface area (Å²) in [6.45, 7) is 7.85. The first-order valence-corrected chi connectivity index (χ1v) is 18.2. The van der Waals surface area contributed by atoms with Crippen LogP contribution in [0.1, 0.15) is 115 Å². The zero-order valence-electron chi connectivity index (χ0n) is 29.3. The second-order valence-corrected chi connectivity index (χ2v) is 15.5. The Morgan fingerprint density at radius 2 is 1.63 bits per heavy atom. The Morgan fingerprint density at radius 3 is 2.27 bits per heavy atom. The van der Waals surface area contributed by atoms with Gasteiger partial charge in [0.25, 0.3) is 11.8 Å². The predicted octanol–water partition coefficient (Wildman–Crippen LogP) is 2.45. The molecule has 0 bridgehead atoms. The van der Waals surface area contributed by atoms with Gasteiger partial charge in [-0.15, -0.1) is 0 Å². The van der Waals surface area contributed by atoms with Gasteiger partial charge >= 0.3 is 0 Å². The summed E-state index contributed by atoms with van der Waals surface area (Å²) in [6, 6.07) is -3.68. The van der Waals surface area contributed by atoms with E-state index in [4.69, 9.17) is 0 Å². The molecule has 3 unspecified atom stereocenters. The summed E-state index contributed by atoms with van der Waals surface area (Å²) in [5.41, 5.74) is -0.638. The summed E-state index contributed by atoms with van der Waals surface area (Å²) in [4.78, 5) is 91.4. The molecule has 1 aromatic heterocycles. The van der Waals surface area contributed by atoms with Gasteiger partial charge in [0.1, 0.15) is 23.8 Å². The standard InChI is InChI=1S/C36H53N7O6/c1-5-10-25(29(44)34(48)39-23-15-16-23)40-33(47)28-24-14-9-13-22(24)20-43(28)35(49)30(36(2,3)4)42-32(46)27(21-11-7-6-8-12-21)41-31(45)26-19-37-17-18-38-26/h17-19,21-25,27-28,30H,5-16,20H2,1-4H3,(H,39,48)(H,40,47)(H,41,45)(H,42,46)/t22?,24?,25?,27-,28-,30+/m0/s1. The number of nitrogens with zero attached hydrogens (tertiary/aromatic N) is 3. The molecule has 6 atom stereocenters. The molecule has 3 saturated carbocycles. The van der Waals surface area contributed by atoms with E-state index in [1.54, 1.807) is 4.90 Å². The number of Topliss-reactive ketones (excluding diaryl/α,β-unsaturated/α-hetero) is 1. The Morgan fingerprint density at radius 1 is 0.898 bits per heavy atom. The molecule has 268 valence electrons. The fourth-order valence-electron chi connectivity index (χ4n) is 7.87. The highest BCUT2D eigenvalue weighted by Gasteiger charge is 2.52. The van der Waals surface area contributed by atoms with Gasteiger partial charge in [0.15, 0.2) is 0 Å². The third kappa shape index (κ3) is 8.83. The molecular weight excluding hydrogens is 626 g/mol. The highest BCUT2D eigenvalue weighted by atomic mass is 16.2. The molecule has 0 aromatic carbocycles. The lowest BCUT2D eigenvalue weighted by molar-refractivity contribution is -0.146. The van der Waals surface area contributed by atoms with E-state index in [1.807, 2.05) is 27.7 Å². The van der Waals surface area contributed by atoms with Crippen molar-refractivity contribution in [2.45, 2.75) is 135 Å². The number of likely N-dealkylation sites (tertiary alicyclic amines) is 1. The number of amides is 5. The summed E-state index contributed by atoms with van der Waals surface area (Å²) in [6.07, 6.45) is 13.9. The first kappa shape index (κ1) is 36.4. The minimum Gasteiger partial charge on any atom is -0.347 e. The molecule has 13 nitrogen and oxygen atoms in total. The van der Waals surface area contributed by atoms with Crippen molar-refractivity contribution in [1.82, 2.24) is 36.1 Å². The van der Waals surface area contributed by atoms with E-state index in [2.05, 4.69) is 31.2 Å². The third-order valence-electron chi connectivity index (χ3n) is 10.7. The molecule has 2 heterocycles. The van der Waals surface area contributed by atoms with Crippen LogP contribution in [0.5, 0.6) is 0 Å². The van der Waals surface area contributed by atoms with Gasteiger partial charge in [-0.25, -0.2) is 4.98 Å². The molecule has 0 spiro atoms. The number of hydrogen-bond donors (Lipinski definition) is 4. The number of aromatic nitrogens is 2. The molecule has 3 aliphatic carbocycles. The Hall–Kier alpha value is -3.90. The van der Waals surface area contributed by atoms with Crippen molar-refractivity contribution in [2.24, 2.45) is 23.2 Å². The minimum absolute atomic E-state index is 0.0132. The topological polar surface area (TPSA) is 180 Å². The van der Waals surface area contributed by atoms with Gasteiger partial charge in [-0.05, 0) is 68.1 Å². The molecule has 4 N–H and O–H groups in total. The van der Waals surface area contributed by atoms with Crippen LogP contribution < -0.4 is 21.3 Å². The van der Waals surface area contributed by atoms with Gasteiger partial charge in [0.2, 0.25) is 23.5 Å². The fourth-order valence-corrected chi connectivity index (χ4v) is 7.87. The summed E-state index contributed by atoms with van der Waals surface area (Å²) >= 11 is 0. The van der Waals surface area contributed by atoms with Crippen molar-refractivity contribution in [1.29, 1.82) is 0 Å². The van der Waals surface area contributed by atoms with Crippen LogP contribution in [0.3, 0.4) is 0 Å². The van der Waals surface area contributed by atoms with Crippen LogP contribution in [-0.2, 0) is 24.0 Å². The Bertz CT molecular complexity index is 1390. The molecular formula is C36H53N7O6. The van der Waals surface area contributed by atoms with Gasteiger partial charge in [0.05, 0.1) is 12.2 Å². The lowest BCUT2D eigenvalue weighted by Crippen LogP contribution is -2.62. The molecule has 49 heavy (non-hydrogen) atoms. The van der Waals surface area contributed by atoms with Gasteiger partial charge in [-0.3, -0.25) is 33.8 Å². The van der Waals surface area contributed by atoms with Gasteiger partial charge in [0, 0.05) is 25.0 Å². The smallest absolute Gasteiger partial charge is 0.289 e. The van der Waals surface area contributed by atoms with E-state index in [9.17, 15) is 28.8 Å². The second kappa shape index (κ2) is 15.8. The van der Waals surface area contributed by atoms with Gasteiger partial charge in [-0.2, -0.15) is 0 Å².